The number of nitrogens with zero attached hydrogens (tertiary/aromatic N) is 1. The van der Waals surface area contributed by atoms with E-state index in [1.807, 2.05) is 0 Å². The largest absolute Gasteiger partial charge is 0.466 e. The number of carbonyl (C=O) groups excluding carboxylic acids is 4. The zero-order chi connectivity index (χ0) is 22.7. The van der Waals surface area contributed by atoms with Crippen LogP contribution in [-0.4, -0.2) is 68.1 Å². The van der Waals surface area contributed by atoms with Crippen LogP contribution in [0.4, 0.5) is 26.3 Å². The number of ether oxygens (including phenoxy) is 2. The number of ketones is 2. The molecule has 0 N–H and O–H groups in total. The zero-order valence-corrected chi connectivity index (χ0v) is 15.4. The summed E-state index contributed by atoms with van der Waals surface area (Å²) in [6.45, 7) is 2.73. The van der Waals surface area contributed by atoms with Crippen molar-refractivity contribution in [2.24, 2.45) is 0 Å². The van der Waals surface area contributed by atoms with E-state index < -0.39 is 47.9 Å². The van der Waals surface area contributed by atoms with Gasteiger partial charge in [-0.2, -0.15) is 26.3 Å². The molecule has 0 aliphatic rings. The number of carbonyl (C=O) groups is 4. The summed E-state index contributed by atoms with van der Waals surface area (Å²) in [5.74, 6) is -6.72. The lowest BCUT2D eigenvalue weighted by Crippen LogP contribution is -2.30. The predicted molar refractivity (Wildman–Crippen MR) is 81.8 cm³/mol. The monoisotopic (exact) mass is 423 g/mol. The number of alkyl halides is 6. The highest BCUT2D eigenvalue weighted by Gasteiger charge is 2.43. The maximum Gasteiger partial charge on any atom is 0.455 e. The molecule has 0 aromatic carbocycles. The van der Waals surface area contributed by atoms with E-state index in [0.29, 0.717) is 0 Å². The predicted octanol–water partition coefficient (Wildman–Crippen LogP) is 2.20. The van der Waals surface area contributed by atoms with Crippen LogP contribution in [0, 0.1) is 0 Å². The number of Topliss-reactive ketones (excluding diaryl/α,β-unsaturated/α-hetero) is 2. The Labute approximate surface area is 156 Å². The fourth-order valence-electron chi connectivity index (χ4n) is 1.27. The van der Waals surface area contributed by atoms with E-state index in [0.717, 1.165) is 11.1 Å². The molecule has 0 atom stereocenters. The second kappa shape index (κ2) is 12.0. The fourth-order valence-corrected chi connectivity index (χ4v) is 1.27. The van der Waals surface area contributed by atoms with Crippen molar-refractivity contribution in [2.45, 2.75) is 32.6 Å². The van der Waals surface area contributed by atoms with E-state index in [-0.39, 0.29) is 13.2 Å². The highest BCUT2D eigenvalue weighted by Crippen LogP contribution is 2.21. The molecule has 0 unspecified atom stereocenters. The van der Waals surface area contributed by atoms with Gasteiger partial charge in [0.25, 0.3) is 5.78 Å². The summed E-state index contributed by atoms with van der Waals surface area (Å²) < 4.78 is 79.4. The number of halogens is 6. The Morgan fingerprint density at radius 1 is 0.857 bits per heavy atom. The Morgan fingerprint density at radius 3 is 1.64 bits per heavy atom. The van der Waals surface area contributed by atoms with Gasteiger partial charge in [-0.25, -0.2) is 4.79 Å². The highest BCUT2D eigenvalue weighted by molar-refractivity contribution is 6.19. The van der Waals surface area contributed by atoms with Crippen LogP contribution in [0.2, 0.25) is 0 Å². The summed E-state index contributed by atoms with van der Waals surface area (Å²) in [7, 11) is 2.78. The van der Waals surface area contributed by atoms with Gasteiger partial charge >= 0.3 is 24.3 Å². The van der Waals surface area contributed by atoms with E-state index in [1.165, 1.54) is 27.9 Å². The average Bonchev–Trinajstić information content (AvgIpc) is 2.51. The van der Waals surface area contributed by atoms with Crippen LogP contribution in [0.1, 0.15) is 20.3 Å². The van der Waals surface area contributed by atoms with E-state index in [1.54, 1.807) is 0 Å². The van der Waals surface area contributed by atoms with E-state index >= 15 is 0 Å². The second-order valence-electron chi connectivity index (χ2n) is 4.96. The van der Waals surface area contributed by atoms with Gasteiger partial charge in [-0.1, -0.05) is 0 Å². The number of hydrogen-bond acceptors (Lipinski definition) is 7. The SMILES string of the molecule is CCOC(=O)C(=CN(C)C)C(=O)C(F)(F)F.CCOC(=O)CC(=O)C(F)(F)F. The first-order valence-corrected chi connectivity index (χ1v) is 7.50. The topological polar surface area (TPSA) is 90.0 Å². The molecular formula is C15H19F6NO6. The molecule has 0 saturated carbocycles. The lowest BCUT2D eigenvalue weighted by Gasteiger charge is -2.11. The average molecular weight is 423 g/mol. The first-order chi connectivity index (χ1) is 12.6. The van der Waals surface area contributed by atoms with Gasteiger partial charge < -0.3 is 14.4 Å². The molecule has 28 heavy (non-hydrogen) atoms. The molecule has 0 radical (unpaired) electrons. The van der Waals surface area contributed by atoms with E-state index in [9.17, 15) is 45.5 Å². The van der Waals surface area contributed by atoms with Gasteiger partial charge in [-0.15, -0.1) is 0 Å². The fraction of sp³-hybridized carbons (Fsp3) is 0.600. The van der Waals surface area contributed by atoms with Crippen molar-refractivity contribution in [3.63, 3.8) is 0 Å². The van der Waals surface area contributed by atoms with Crippen LogP contribution in [-0.2, 0) is 28.7 Å². The summed E-state index contributed by atoms with van der Waals surface area (Å²) in [5.41, 5.74) is -1.03. The van der Waals surface area contributed by atoms with Crippen molar-refractivity contribution < 1.29 is 55.0 Å². The van der Waals surface area contributed by atoms with Crippen LogP contribution in [0.15, 0.2) is 11.8 Å². The van der Waals surface area contributed by atoms with Crippen molar-refractivity contribution in [1.82, 2.24) is 4.90 Å². The Bertz CT molecular complexity index is 595. The van der Waals surface area contributed by atoms with Gasteiger partial charge in [-0.3, -0.25) is 14.4 Å². The smallest absolute Gasteiger partial charge is 0.455 e. The Morgan fingerprint density at radius 2 is 1.32 bits per heavy atom. The maximum absolute atomic E-state index is 12.1. The van der Waals surface area contributed by atoms with Crippen LogP contribution in [0.3, 0.4) is 0 Å². The third kappa shape index (κ3) is 11.9. The molecule has 0 aromatic heterocycles. The van der Waals surface area contributed by atoms with Gasteiger partial charge in [0, 0.05) is 20.3 Å². The number of hydrogen-bond donors (Lipinski definition) is 0. The van der Waals surface area contributed by atoms with Crippen molar-refractivity contribution in [3.05, 3.63) is 11.8 Å². The summed E-state index contributed by atoms with van der Waals surface area (Å²) in [5, 5.41) is 0. The Hall–Kier alpha value is -2.60. The van der Waals surface area contributed by atoms with Crippen LogP contribution >= 0.6 is 0 Å². The van der Waals surface area contributed by atoms with Crippen molar-refractivity contribution >= 4 is 23.5 Å². The van der Waals surface area contributed by atoms with Crippen LogP contribution < -0.4 is 0 Å². The quantitative estimate of drug-likeness (QED) is 0.204. The van der Waals surface area contributed by atoms with Gasteiger partial charge in [0.1, 0.15) is 12.0 Å². The molecule has 0 amide bonds. The van der Waals surface area contributed by atoms with Crippen LogP contribution in [0.5, 0.6) is 0 Å². The summed E-state index contributed by atoms with van der Waals surface area (Å²) >= 11 is 0. The summed E-state index contributed by atoms with van der Waals surface area (Å²) in [6.07, 6.45) is -10.5. The molecule has 0 spiro atoms. The molecule has 0 heterocycles. The van der Waals surface area contributed by atoms with E-state index in [4.69, 9.17) is 0 Å². The van der Waals surface area contributed by atoms with Gasteiger partial charge in [0.2, 0.25) is 5.78 Å². The molecule has 0 bridgehead atoms. The van der Waals surface area contributed by atoms with Gasteiger partial charge in [-0.05, 0) is 13.8 Å². The van der Waals surface area contributed by atoms with Crippen molar-refractivity contribution in [2.75, 3.05) is 27.3 Å². The maximum atomic E-state index is 12.1. The first-order valence-electron chi connectivity index (χ1n) is 7.50. The molecule has 0 aliphatic carbocycles. The molecule has 0 aliphatic heterocycles. The minimum Gasteiger partial charge on any atom is -0.466 e. The van der Waals surface area contributed by atoms with Crippen molar-refractivity contribution in [3.8, 4) is 0 Å². The summed E-state index contributed by atoms with van der Waals surface area (Å²) in [4.78, 5) is 43.7. The molecule has 0 fully saturated rings. The Balaban J connectivity index is 0. The molecular weight excluding hydrogens is 404 g/mol. The normalized spacial score (nSPS) is 11.7. The molecule has 162 valence electrons. The molecule has 0 saturated heterocycles. The second-order valence-corrected chi connectivity index (χ2v) is 4.96. The highest BCUT2D eigenvalue weighted by atomic mass is 19.4. The third-order valence-electron chi connectivity index (χ3n) is 2.31. The lowest BCUT2D eigenvalue weighted by atomic mass is 10.2. The molecule has 0 rings (SSSR count). The molecule has 0 aromatic rings. The standard InChI is InChI=1S/C9H12F3NO3.C6H7F3O3/c1-4-16-8(15)6(5-13(2)3)7(14)9(10,11)12;1-2-12-5(11)3-4(10)6(7,8)9/h5H,4H2,1-3H3;2-3H2,1H3. The summed E-state index contributed by atoms with van der Waals surface area (Å²) in [6, 6.07) is 0. The minimum absolute atomic E-state index is 0.0377. The van der Waals surface area contributed by atoms with Gasteiger partial charge in [0.15, 0.2) is 0 Å². The third-order valence-corrected chi connectivity index (χ3v) is 2.31. The van der Waals surface area contributed by atoms with Crippen LogP contribution in [0.25, 0.3) is 0 Å². The lowest BCUT2D eigenvalue weighted by molar-refractivity contribution is -0.174. The molecule has 7 nitrogen and oxygen atoms in total. The minimum atomic E-state index is -5.09. The van der Waals surface area contributed by atoms with Gasteiger partial charge in [0.05, 0.1) is 13.2 Å². The molecule has 13 heteroatoms. The number of rotatable bonds is 7. The van der Waals surface area contributed by atoms with Crippen molar-refractivity contribution in [1.29, 1.82) is 0 Å². The Kier molecular flexibility index (Phi) is 11.8. The zero-order valence-electron chi connectivity index (χ0n) is 15.4. The van der Waals surface area contributed by atoms with E-state index in [2.05, 4.69) is 9.47 Å². The number of esters is 2. The first kappa shape index (κ1) is 27.6.